The molecule has 0 atom stereocenters. The number of hydrogen-bond acceptors (Lipinski definition) is 3. The number of carbonyl (C=O) groups excluding carboxylic acids is 1. The summed E-state index contributed by atoms with van der Waals surface area (Å²) in [5.74, 6) is 0.625. The molecule has 0 aliphatic rings. The van der Waals surface area contributed by atoms with E-state index in [9.17, 15) is 4.79 Å². The number of ether oxygens (including phenoxy) is 1. The lowest BCUT2D eigenvalue weighted by Gasteiger charge is -2.11. The highest BCUT2D eigenvalue weighted by molar-refractivity contribution is 6.31. The molecule has 1 amide bonds. The Labute approximate surface area is 141 Å². The Hall–Kier alpha value is -2.20. The summed E-state index contributed by atoms with van der Waals surface area (Å²) in [5.41, 5.74) is 2.50. The molecule has 0 heterocycles. The smallest absolute Gasteiger partial charge is 0.243 e. The predicted molar refractivity (Wildman–Crippen MR) is 95.5 cm³/mol. The van der Waals surface area contributed by atoms with Crippen LogP contribution in [0, 0.1) is 6.92 Å². The molecule has 5 heteroatoms. The maximum absolute atomic E-state index is 12.1. The van der Waals surface area contributed by atoms with Crippen LogP contribution in [-0.4, -0.2) is 19.1 Å². The van der Waals surface area contributed by atoms with Crippen LogP contribution in [-0.2, 0) is 4.79 Å². The van der Waals surface area contributed by atoms with E-state index in [1.54, 1.807) is 0 Å². The largest absolute Gasteiger partial charge is 0.494 e. The molecule has 0 radical (unpaired) electrons. The summed E-state index contributed by atoms with van der Waals surface area (Å²) in [7, 11) is 0. The molecule has 0 aromatic heterocycles. The van der Waals surface area contributed by atoms with Crippen LogP contribution in [0.5, 0.6) is 5.75 Å². The quantitative estimate of drug-likeness (QED) is 0.785. The molecule has 2 N–H and O–H groups in total. The second kappa shape index (κ2) is 8.44. The first-order chi connectivity index (χ1) is 11.1. The van der Waals surface area contributed by atoms with Crippen LogP contribution in [0.1, 0.15) is 18.9 Å². The minimum atomic E-state index is -0.128. The zero-order chi connectivity index (χ0) is 16.7. The van der Waals surface area contributed by atoms with Crippen molar-refractivity contribution in [3.05, 3.63) is 53.1 Å². The molecule has 0 saturated carbocycles. The highest BCUT2D eigenvalue weighted by atomic mass is 35.5. The van der Waals surface area contributed by atoms with Gasteiger partial charge in [0, 0.05) is 22.5 Å². The van der Waals surface area contributed by atoms with E-state index < -0.39 is 0 Å². The third kappa shape index (κ3) is 5.18. The highest BCUT2D eigenvalue weighted by Crippen LogP contribution is 2.22. The van der Waals surface area contributed by atoms with Gasteiger partial charge >= 0.3 is 0 Å². The van der Waals surface area contributed by atoms with Gasteiger partial charge in [0.2, 0.25) is 5.91 Å². The van der Waals surface area contributed by atoms with Gasteiger partial charge in [-0.15, -0.1) is 0 Å². The van der Waals surface area contributed by atoms with Gasteiger partial charge in [0.05, 0.1) is 13.2 Å². The normalized spacial score (nSPS) is 10.2. The number of nitrogens with one attached hydrogen (secondary N) is 2. The Bertz CT molecular complexity index is 674. The number of amides is 1. The van der Waals surface area contributed by atoms with E-state index in [1.807, 2.05) is 49.4 Å². The van der Waals surface area contributed by atoms with Crippen molar-refractivity contribution >= 4 is 28.9 Å². The van der Waals surface area contributed by atoms with E-state index in [-0.39, 0.29) is 12.5 Å². The lowest BCUT2D eigenvalue weighted by molar-refractivity contribution is -0.114. The topological polar surface area (TPSA) is 50.4 Å². The van der Waals surface area contributed by atoms with Gasteiger partial charge in [-0.2, -0.15) is 0 Å². The number of carbonyl (C=O) groups is 1. The summed E-state index contributed by atoms with van der Waals surface area (Å²) in [6, 6.07) is 13.0. The molecule has 4 nitrogen and oxygen atoms in total. The molecule has 0 fully saturated rings. The van der Waals surface area contributed by atoms with E-state index in [2.05, 4.69) is 17.6 Å². The third-order valence-electron chi connectivity index (χ3n) is 3.30. The summed E-state index contributed by atoms with van der Waals surface area (Å²) in [5, 5.41) is 6.62. The van der Waals surface area contributed by atoms with E-state index in [0.29, 0.717) is 17.3 Å². The van der Waals surface area contributed by atoms with Crippen molar-refractivity contribution in [1.29, 1.82) is 0 Å². The second-order valence-corrected chi connectivity index (χ2v) is 5.60. The zero-order valence-corrected chi connectivity index (χ0v) is 14.1. The number of benzene rings is 2. The van der Waals surface area contributed by atoms with Crippen molar-refractivity contribution in [2.75, 3.05) is 23.8 Å². The molecule has 2 aromatic rings. The van der Waals surface area contributed by atoms with Crippen LogP contribution < -0.4 is 15.4 Å². The molecule has 0 bridgehead atoms. The first-order valence-corrected chi connectivity index (χ1v) is 7.99. The van der Waals surface area contributed by atoms with Crippen molar-refractivity contribution < 1.29 is 9.53 Å². The molecule has 122 valence electrons. The van der Waals surface area contributed by atoms with E-state index in [1.165, 1.54) is 0 Å². The van der Waals surface area contributed by atoms with E-state index in [0.717, 1.165) is 23.4 Å². The average Bonchev–Trinajstić information content (AvgIpc) is 2.54. The summed E-state index contributed by atoms with van der Waals surface area (Å²) in [6.45, 7) is 4.79. The Morgan fingerprint density at radius 2 is 2.00 bits per heavy atom. The van der Waals surface area contributed by atoms with Crippen molar-refractivity contribution in [1.82, 2.24) is 0 Å². The Morgan fingerprint density at radius 1 is 1.22 bits per heavy atom. The number of halogens is 1. The van der Waals surface area contributed by atoms with E-state index in [4.69, 9.17) is 16.3 Å². The van der Waals surface area contributed by atoms with Crippen LogP contribution in [0.4, 0.5) is 11.4 Å². The second-order valence-electron chi connectivity index (χ2n) is 5.19. The molecule has 0 spiro atoms. The zero-order valence-electron chi connectivity index (χ0n) is 13.4. The lowest BCUT2D eigenvalue weighted by Crippen LogP contribution is -2.22. The van der Waals surface area contributed by atoms with Crippen LogP contribution in [0.15, 0.2) is 42.5 Å². The fourth-order valence-corrected chi connectivity index (χ4v) is 2.24. The van der Waals surface area contributed by atoms with Crippen molar-refractivity contribution in [2.24, 2.45) is 0 Å². The lowest BCUT2D eigenvalue weighted by atomic mass is 10.2. The number of hydrogen-bond donors (Lipinski definition) is 2. The van der Waals surface area contributed by atoms with Gasteiger partial charge in [0.25, 0.3) is 0 Å². The van der Waals surface area contributed by atoms with Gasteiger partial charge in [-0.3, -0.25) is 4.79 Å². The van der Waals surface area contributed by atoms with Crippen LogP contribution in [0.25, 0.3) is 0 Å². The summed E-state index contributed by atoms with van der Waals surface area (Å²) in [6.07, 6.45) is 0.944. The third-order valence-corrected chi connectivity index (χ3v) is 3.71. The van der Waals surface area contributed by atoms with Crippen molar-refractivity contribution in [3.8, 4) is 5.75 Å². The molecule has 0 unspecified atom stereocenters. The molecule has 23 heavy (non-hydrogen) atoms. The Morgan fingerprint density at radius 3 is 2.78 bits per heavy atom. The Kier molecular flexibility index (Phi) is 6.29. The summed E-state index contributed by atoms with van der Waals surface area (Å²) in [4.78, 5) is 12.1. The first kappa shape index (κ1) is 17.2. The maximum Gasteiger partial charge on any atom is 0.243 e. The fraction of sp³-hybridized carbons (Fsp3) is 0.278. The molecular formula is C18H21ClN2O2. The van der Waals surface area contributed by atoms with Gasteiger partial charge in [-0.05, 0) is 43.2 Å². The summed E-state index contributed by atoms with van der Waals surface area (Å²) < 4.78 is 5.55. The molecule has 2 rings (SSSR count). The number of rotatable bonds is 7. The SMILES string of the molecule is CCCOc1cccc(NC(=O)CNc2cccc(Cl)c2C)c1. The number of anilines is 2. The van der Waals surface area contributed by atoms with Gasteiger partial charge in [-0.25, -0.2) is 0 Å². The molecular weight excluding hydrogens is 312 g/mol. The highest BCUT2D eigenvalue weighted by Gasteiger charge is 2.06. The van der Waals surface area contributed by atoms with Crippen LogP contribution in [0.3, 0.4) is 0 Å². The van der Waals surface area contributed by atoms with Gasteiger partial charge in [-0.1, -0.05) is 30.7 Å². The standard InChI is InChI=1S/C18H21ClN2O2/c1-3-10-23-15-7-4-6-14(11-15)21-18(22)12-20-17-9-5-8-16(19)13(17)2/h4-9,11,20H,3,10,12H2,1-2H3,(H,21,22). The average molecular weight is 333 g/mol. The predicted octanol–water partition coefficient (Wildman–Crippen LogP) is 4.49. The molecule has 0 aliphatic heterocycles. The van der Waals surface area contributed by atoms with Crippen molar-refractivity contribution in [2.45, 2.75) is 20.3 Å². The minimum Gasteiger partial charge on any atom is -0.494 e. The minimum absolute atomic E-state index is 0.128. The fourth-order valence-electron chi connectivity index (χ4n) is 2.06. The molecule has 2 aromatic carbocycles. The van der Waals surface area contributed by atoms with Crippen LogP contribution >= 0.6 is 11.6 Å². The maximum atomic E-state index is 12.1. The van der Waals surface area contributed by atoms with Gasteiger partial charge in [0.1, 0.15) is 5.75 Å². The molecule has 0 saturated heterocycles. The van der Waals surface area contributed by atoms with Gasteiger partial charge < -0.3 is 15.4 Å². The molecule has 0 aliphatic carbocycles. The monoisotopic (exact) mass is 332 g/mol. The van der Waals surface area contributed by atoms with Crippen LogP contribution in [0.2, 0.25) is 5.02 Å². The first-order valence-electron chi connectivity index (χ1n) is 7.62. The van der Waals surface area contributed by atoms with Gasteiger partial charge in [0.15, 0.2) is 0 Å². The van der Waals surface area contributed by atoms with E-state index >= 15 is 0 Å². The Balaban J connectivity index is 1.91. The van der Waals surface area contributed by atoms with Crippen molar-refractivity contribution in [3.63, 3.8) is 0 Å². The summed E-state index contributed by atoms with van der Waals surface area (Å²) >= 11 is 6.06.